The van der Waals surface area contributed by atoms with E-state index in [0.29, 0.717) is 13.0 Å². The van der Waals surface area contributed by atoms with Gasteiger partial charge in [-0.2, -0.15) is 0 Å². The van der Waals surface area contributed by atoms with Gasteiger partial charge < -0.3 is 20.1 Å². The highest BCUT2D eigenvalue weighted by Gasteiger charge is 2.48. The Morgan fingerprint density at radius 1 is 0.973 bits per heavy atom. The first-order valence-corrected chi connectivity index (χ1v) is 13.1. The predicted molar refractivity (Wildman–Crippen MR) is 145 cm³/mol. The molecule has 1 saturated heterocycles. The molecule has 3 N–H and O–H groups in total. The molecule has 1 fully saturated rings. The van der Waals surface area contributed by atoms with Gasteiger partial charge >= 0.3 is 5.97 Å². The van der Waals surface area contributed by atoms with Crippen molar-refractivity contribution in [2.75, 3.05) is 20.3 Å². The zero-order chi connectivity index (χ0) is 25.4. The summed E-state index contributed by atoms with van der Waals surface area (Å²) in [6.45, 7) is 0.654. The molecular formula is C31H33N3O3. The average molecular weight is 496 g/mol. The largest absolute Gasteiger partial charge is 0.468 e. The third kappa shape index (κ3) is 4.35. The standard InChI is InChI=1S/C31H33N3O3/c1-37-31(36)29-19-25-24-9-5-6-10-26(24)33-30(25)28-18-23(32-15-16-35)17-27(34(28)29)22-13-11-21(12-14-22)20-7-3-2-4-8-20/h2-14,23,27-29,32-33,35H,15-19H2,1H3/t23-,27-,28+,29-/m0/s1. The van der Waals surface area contributed by atoms with Crippen LogP contribution >= 0.6 is 0 Å². The minimum atomic E-state index is -0.362. The smallest absolute Gasteiger partial charge is 0.323 e. The summed E-state index contributed by atoms with van der Waals surface area (Å²) < 4.78 is 5.36. The van der Waals surface area contributed by atoms with Crippen LogP contribution in [0.2, 0.25) is 0 Å². The number of aliphatic hydroxyl groups excluding tert-OH is 1. The van der Waals surface area contributed by atoms with Crippen molar-refractivity contribution in [1.82, 2.24) is 15.2 Å². The van der Waals surface area contributed by atoms with E-state index in [0.717, 1.165) is 18.4 Å². The van der Waals surface area contributed by atoms with Crippen molar-refractivity contribution < 1.29 is 14.6 Å². The number of rotatable bonds is 6. The molecule has 3 heterocycles. The molecule has 0 amide bonds. The zero-order valence-corrected chi connectivity index (χ0v) is 21.1. The molecule has 0 radical (unpaired) electrons. The summed E-state index contributed by atoms with van der Waals surface area (Å²) in [5, 5.41) is 14.2. The highest BCUT2D eigenvalue weighted by atomic mass is 16.5. The second kappa shape index (κ2) is 10.1. The lowest BCUT2D eigenvalue weighted by molar-refractivity contribution is -0.152. The van der Waals surface area contributed by atoms with Gasteiger partial charge in [-0.25, -0.2) is 0 Å². The number of esters is 1. The van der Waals surface area contributed by atoms with Crippen LogP contribution < -0.4 is 5.32 Å². The molecule has 6 nitrogen and oxygen atoms in total. The molecule has 0 bridgehead atoms. The third-order valence-electron chi connectivity index (χ3n) is 8.09. The Kier molecular flexibility index (Phi) is 6.55. The molecule has 4 aromatic rings. The van der Waals surface area contributed by atoms with E-state index in [-0.39, 0.29) is 36.7 Å². The fraction of sp³-hybridized carbons (Fsp3) is 0.323. The number of fused-ring (bicyclic) bond motifs is 5. The SMILES string of the molecule is COC(=O)[C@@H]1Cc2c([nH]c3ccccc23)[C@H]2C[C@@H](NCCO)C[C@@H](c3ccc(-c4ccccc4)cc3)N21. The van der Waals surface area contributed by atoms with Gasteiger partial charge in [-0.15, -0.1) is 0 Å². The average Bonchev–Trinajstić information content (AvgIpc) is 3.34. The maximum absolute atomic E-state index is 13.2. The lowest BCUT2D eigenvalue weighted by Gasteiger charge is -2.50. The van der Waals surface area contributed by atoms with Gasteiger partial charge in [0.05, 0.1) is 19.8 Å². The van der Waals surface area contributed by atoms with E-state index >= 15 is 0 Å². The van der Waals surface area contributed by atoms with Gasteiger partial charge in [-0.05, 0) is 41.2 Å². The molecule has 2 aliphatic heterocycles. The molecular weight excluding hydrogens is 462 g/mol. The van der Waals surface area contributed by atoms with Crippen molar-refractivity contribution in [2.45, 2.75) is 43.4 Å². The van der Waals surface area contributed by atoms with Gasteiger partial charge in [0.25, 0.3) is 0 Å². The second-order valence-electron chi connectivity index (χ2n) is 10.1. The Labute approximate surface area is 217 Å². The van der Waals surface area contributed by atoms with Crippen LogP contribution in [0.4, 0.5) is 0 Å². The second-order valence-corrected chi connectivity index (χ2v) is 10.1. The van der Waals surface area contributed by atoms with Crippen molar-refractivity contribution >= 4 is 16.9 Å². The van der Waals surface area contributed by atoms with Crippen LogP contribution in [0.15, 0.2) is 78.9 Å². The van der Waals surface area contributed by atoms with Crippen molar-refractivity contribution in [2.24, 2.45) is 0 Å². The summed E-state index contributed by atoms with van der Waals surface area (Å²) >= 11 is 0. The fourth-order valence-corrected chi connectivity index (χ4v) is 6.43. The molecule has 1 aromatic heterocycles. The quantitative estimate of drug-likeness (QED) is 0.336. The molecule has 4 atom stereocenters. The topological polar surface area (TPSA) is 77.6 Å². The van der Waals surface area contributed by atoms with Crippen molar-refractivity contribution in [3.63, 3.8) is 0 Å². The number of aliphatic hydroxyl groups is 1. The number of methoxy groups -OCH3 is 1. The normalized spacial score (nSPS) is 23.4. The molecule has 0 unspecified atom stereocenters. The van der Waals surface area contributed by atoms with E-state index < -0.39 is 0 Å². The van der Waals surface area contributed by atoms with Gasteiger partial charge in [0.15, 0.2) is 0 Å². The van der Waals surface area contributed by atoms with Gasteiger partial charge in [-0.1, -0.05) is 72.8 Å². The van der Waals surface area contributed by atoms with Crippen LogP contribution in [0, 0.1) is 0 Å². The summed E-state index contributed by atoms with van der Waals surface area (Å²) in [5.41, 5.74) is 7.07. The number of para-hydroxylation sites is 1. The van der Waals surface area contributed by atoms with Crippen LogP contribution in [0.25, 0.3) is 22.0 Å². The predicted octanol–water partition coefficient (Wildman–Crippen LogP) is 4.76. The highest BCUT2D eigenvalue weighted by Crippen LogP contribution is 2.49. The van der Waals surface area contributed by atoms with Crippen molar-refractivity contribution in [1.29, 1.82) is 0 Å². The molecule has 190 valence electrons. The van der Waals surface area contributed by atoms with E-state index in [1.54, 1.807) is 0 Å². The summed E-state index contributed by atoms with van der Waals surface area (Å²) in [7, 11) is 1.49. The molecule has 0 spiro atoms. The number of carbonyl (C=O) groups excluding carboxylic acids is 1. The van der Waals surface area contributed by atoms with E-state index in [2.05, 4.69) is 81.9 Å². The zero-order valence-electron chi connectivity index (χ0n) is 21.1. The molecule has 6 heteroatoms. The van der Waals surface area contributed by atoms with Crippen LogP contribution in [-0.4, -0.2) is 53.3 Å². The number of aromatic nitrogens is 1. The molecule has 6 rings (SSSR count). The lowest BCUT2D eigenvalue weighted by Crippen LogP contribution is -2.55. The summed E-state index contributed by atoms with van der Waals surface area (Å²) in [4.78, 5) is 19.3. The maximum atomic E-state index is 13.2. The molecule has 37 heavy (non-hydrogen) atoms. The van der Waals surface area contributed by atoms with Gasteiger partial charge in [0.2, 0.25) is 0 Å². The van der Waals surface area contributed by atoms with Crippen LogP contribution in [0.5, 0.6) is 0 Å². The Morgan fingerprint density at radius 3 is 2.43 bits per heavy atom. The number of aromatic amines is 1. The first-order valence-electron chi connectivity index (χ1n) is 13.1. The van der Waals surface area contributed by atoms with E-state index in [1.807, 2.05) is 12.1 Å². The number of hydrogen-bond donors (Lipinski definition) is 3. The van der Waals surface area contributed by atoms with E-state index in [1.165, 1.54) is 40.4 Å². The Hall–Kier alpha value is -3.45. The van der Waals surface area contributed by atoms with Crippen LogP contribution in [0.3, 0.4) is 0 Å². The Morgan fingerprint density at radius 2 is 1.68 bits per heavy atom. The summed E-state index contributed by atoms with van der Waals surface area (Å²) in [5.74, 6) is -0.186. The Bertz CT molecular complexity index is 1380. The summed E-state index contributed by atoms with van der Waals surface area (Å²) in [6, 6.07) is 27.4. The first-order chi connectivity index (χ1) is 18.2. The number of ether oxygens (including phenoxy) is 1. The molecule has 2 aliphatic rings. The molecule has 3 aromatic carbocycles. The number of nitrogens with one attached hydrogen (secondary N) is 2. The van der Waals surface area contributed by atoms with Gasteiger partial charge in [0.1, 0.15) is 6.04 Å². The lowest BCUT2D eigenvalue weighted by atomic mass is 9.79. The monoisotopic (exact) mass is 495 g/mol. The minimum Gasteiger partial charge on any atom is -0.468 e. The van der Waals surface area contributed by atoms with Gasteiger partial charge in [-0.3, -0.25) is 9.69 Å². The fourth-order valence-electron chi connectivity index (χ4n) is 6.43. The van der Waals surface area contributed by atoms with E-state index in [4.69, 9.17) is 4.74 Å². The number of carbonyl (C=O) groups is 1. The number of H-pyrrole nitrogens is 1. The minimum absolute atomic E-state index is 0.0310. The van der Waals surface area contributed by atoms with Crippen LogP contribution in [0.1, 0.15) is 41.7 Å². The highest BCUT2D eigenvalue weighted by molar-refractivity contribution is 5.87. The first kappa shape index (κ1) is 23.9. The maximum Gasteiger partial charge on any atom is 0.323 e. The Balaban J connectivity index is 1.44. The van der Waals surface area contributed by atoms with E-state index in [9.17, 15) is 9.90 Å². The third-order valence-corrected chi connectivity index (χ3v) is 8.09. The number of nitrogens with zero attached hydrogens (tertiary/aromatic N) is 1. The van der Waals surface area contributed by atoms with Crippen molar-refractivity contribution in [3.05, 3.63) is 95.7 Å². The number of piperidine rings is 1. The van der Waals surface area contributed by atoms with Crippen LogP contribution in [-0.2, 0) is 16.0 Å². The van der Waals surface area contributed by atoms with Gasteiger partial charge in [0, 0.05) is 41.6 Å². The summed E-state index contributed by atoms with van der Waals surface area (Å²) in [6.07, 6.45) is 2.33. The van der Waals surface area contributed by atoms with Crippen molar-refractivity contribution in [3.8, 4) is 11.1 Å². The number of hydrogen-bond acceptors (Lipinski definition) is 5. The molecule has 0 saturated carbocycles. The number of benzene rings is 3. The molecule has 0 aliphatic carbocycles.